The minimum Gasteiger partial charge on any atom is -0.396 e. The number of fused-ring (bicyclic) bond motifs is 5. The van der Waals surface area contributed by atoms with Crippen molar-refractivity contribution in [1.29, 1.82) is 0 Å². The molecule has 0 aliphatic heterocycles. The van der Waals surface area contributed by atoms with Gasteiger partial charge in [-0.3, -0.25) is 4.79 Å². The van der Waals surface area contributed by atoms with Crippen LogP contribution in [0.5, 0.6) is 0 Å². The number of hydrogen-bond acceptors (Lipinski definition) is 3. The average Bonchev–Trinajstić information content (AvgIpc) is 2.97. The van der Waals surface area contributed by atoms with E-state index in [1.807, 2.05) is 6.92 Å². The summed E-state index contributed by atoms with van der Waals surface area (Å²) in [5.74, 6) is 3.14. The van der Waals surface area contributed by atoms with Crippen molar-refractivity contribution in [3.8, 4) is 0 Å². The Morgan fingerprint density at radius 2 is 1.74 bits per heavy atom. The summed E-state index contributed by atoms with van der Waals surface area (Å²) >= 11 is 0. The molecule has 0 aromatic rings. The summed E-state index contributed by atoms with van der Waals surface area (Å²) in [6.45, 7) is 6.89. The van der Waals surface area contributed by atoms with Crippen molar-refractivity contribution >= 4 is 5.78 Å². The third-order valence-corrected chi connectivity index (χ3v) is 9.46. The van der Waals surface area contributed by atoms with Crippen LogP contribution in [-0.4, -0.2) is 29.2 Å². The molecular formula is C24H38O3. The second-order valence-electron chi connectivity index (χ2n) is 11.1. The minimum atomic E-state index is -0.354. The van der Waals surface area contributed by atoms with Crippen LogP contribution < -0.4 is 0 Å². The Hall–Kier alpha value is -0.670. The lowest BCUT2D eigenvalue weighted by molar-refractivity contribution is -0.131. The van der Waals surface area contributed by atoms with E-state index in [-0.39, 0.29) is 24.0 Å². The molecule has 0 bridgehead atoms. The van der Waals surface area contributed by atoms with Gasteiger partial charge >= 0.3 is 0 Å². The highest BCUT2D eigenvalue weighted by molar-refractivity contribution is 5.87. The van der Waals surface area contributed by atoms with Crippen LogP contribution in [0.25, 0.3) is 0 Å². The number of aliphatic hydroxyl groups is 2. The van der Waals surface area contributed by atoms with Crippen LogP contribution in [0.4, 0.5) is 0 Å². The summed E-state index contributed by atoms with van der Waals surface area (Å²) in [6.07, 6.45) is 12.4. The van der Waals surface area contributed by atoms with Gasteiger partial charge in [-0.05, 0) is 80.5 Å². The van der Waals surface area contributed by atoms with Gasteiger partial charge in [0.1, 0.15) is 5.78 Å². The molecule has 0 saturated heterocycles. The number of carbonyl (C=O) groups is 1. The number of allylic oxidation sites excluding steroid dienone is 2. The fraction of sp³-hybridized carbons (Fsp3) is 0.875. The van der Waals surface area contributed by atoms with Crippen LogP contribution in [0.2, 0.25) is 0 Å². The summed E-state index contributed by atoms with van der Waals surface area (Å²) in [5.41, 5.74) is 1.56. The Kier molecular flexibility index (Phi) is 4.87. The van der Waals surface area contributed by atoms with Crippen molar-refractivity contribution in [3.05, 3.63) is 11.6 Å². The Morgan fingerprint density at radius 3 is 2.44 bits per heavy atom. The molecule has 3 fully saturated rings. The first-order chi connectivity index (χ1) is 12.8. The number of aliphatic hydroxyl groups excluding tert-OH is 2. The molecule has 0 radical (unpaired) electrons. The number of ketones is 1. The number of Topliss-reactive ketones (excluding diaryl/α,β-unsaturated/α-hetero) is 1. The lowest BCUT2D eigenvalue weighted by atomic mass is 9.47. The summed E-state index contributed by atoms with van der Waals surface area (Å²) in [5, 5.41) is 19.4. The topological polar surface area (TPSA) is 57.5 Å². The number of hydrogen-bond donors (Lipinski definition) is 2. The van der Waals surface area contributed by atoms with Gasteiger partial charge in [0.15, 0.2) is 0 Å². The van der Waals surface area contributed by atoms with Crippen molar-refractivity contribution < 1.29 is 15.0 Å². The fourth-order valence-electron chi connectivity index (χ4n) is 7.56. The van der Waals surface area contributed by atoms with E-state index in [0.717, 1.165) is 44.4 Å². The summed E-state index contributed by atoms with van der Waals surface area (Å²) < 4.78 is 0. The zero-order valence-electron chi connectivity index (χ0n) is 17.5. The zero-order valence-corrected chi connectivity index (χ0v) is 17.5. The van der Waals surface area contributed by atoms with Gasteiger partial charge in [-0.25, -0.2) is 0 Å². The average molecular weight is 375 g/mol. The Morgan fingerprint density at radius 1 is 1.07 bits per heavy atom. The first kappa shape index (κ1) is 19.6. The van der Waals surface area contributed by atoms with Crippen LogP contribution in [0, 0.1) is 39.9 Å². The van der Waals surface area contributed by atoms with Crippen molar-refractivity contribution in [2.24, 2.45) is 39.9 Å². The van der Waals surface area contributed by atoms with Crippen molar-refractivity contribution in [1.82, 2.24) is 0 Å². The maximum Gasteiger partial charge on any atom is 0.139 e. The lowest BCUT2D eigenvalue weighted by Crippen LogP contribution is -2.50. The second kappa shape index (κ2) is 6.69. The highest BCUT2D eigenvalue weighted by atomic mass is 16.3. The molecule has 0 aromatic carbocycles. The molecule has 2 N–H and O–H groups in total. The van der Waals surface area contributed by atoms with E-state index >= 15 is 0 Å². The summed E-state index contributed by atoms with van der Waals surface area (Å²) in [4.78, 5) is 12.5. The van der Waals surface area contributed by atoms with Gasteiger partial charge in [0.25, 0.3) is 0 Å². The van der Waals surface area contributed by atoms with Gasteiger partial charge in [-0.1, -0.05) is 32.4 Å². The largest absolute Gasteiger partial charge is 0.396 e. The van der Waals surface area contributed by atoms with Gasteiger partial charge in [-0.2, -0.15) is 0 Å². The van der Waals surface area contributed by atoms with Crippen LogP contribution in [0.1, 0.15) is 78.6 Å². The molecule has 6 atom stereocenters. The highest BCUT2D eigenvalue weighted by Crippen LogP contribution is 2.64. The van der Waals surface area contributed by atoms with Crippen molar-refractivity contribution in [2.75, 3.05) is 13.2 Å². The van der Waals surface area contributed by atoms with Gasteiger partial charge in [0, 0.05) is 17.3 Å². The van der Waals surface area contributed by atoms with Gasteiger partial charge in [0.2, 0.25) is 0 Å². The van der Waals surface area contributed by atoms with Gasteiger partial charge in [0.05, 0.1) is 13.2 Å². The maximum absolute atomic E-state index is 12.5. The van der Waals surface area contributed by atoms with Crippen LogP contribution >= 0.6 is 0 Å². The molecule has 152 valence electrons. The monoisotopic (exact) mass is 374 g/mol. The van der Waals surface area contributed by atoms with E-state index in [9.17, 15) is 15.0 Å². The predicted octanol–water partition coefficient (Wildman–Crippen LogP) is 4.52. The second-order valence-corrected chi connectivity index (χ2v) is 11.1. The van der Waals surface area contributed by atoms with E-state index < -0.39 is 0 Å². The first-order valence-corrected chi connectivity index (χ1v) is 11.2. The molecule has 4 aliphatic rings. The Balaban J connectivity index is 1.54. The standard InChI is InChI=1S/C24H38O3/c1-22(14-25,15-26)13-16-8-10-23(2)17(12-16)4-5-18-19-6-7-21(27)24(19,3)11-9-20(18)23/h4,16,18-20,25-26H,5-15H2,1-3H3/t16?,18-,19-,20+,23-,24-/m0/s1. The van der Waals surface area contributed by atoms with E-state index in [1.165, 1.54) is 19.3 Å². The SMILES string of the molecule is CC(CO)(CO)CC1CC[C@@]2(C)C(=CC[C@@H]3[C@H]2CC[C@]2(C)C(=O)CC[C@@H]32)C1. The molecular weight excluding hydrogens is 336 g/mol. The van der Waals surface area contributed by atoms with E-state index in [0.29, 0.717) is 29.0 Å². The lowest BCUT2D eigenvalue weighted by Gasteiger charge is -2.57. The molecule has 0 amide bonds. The van der Waals surface area contributed by atoms with Crippen LogP contribution in [0.15, 0.2) is 11.6 Å². The molecule has 0 heterocycles. The molecule has 3 saturated carbocycles. The highest BCUT2D eigenvalue weighted by Gasteiger charge is 2.58. The normalized spacial score (nSPS) is 44.3. The fourth-order valence-corrected chi connectivity index (χ4v) is 7.56. The van der Waals surface area contributed by atoms with E-state index in [1.54, 1.807) is 5.57 Å². The number of rotatable bonds is 4. The molecule has 4 aliphatic carbocycles. The summed E-state index contributed by atoms with van der Waals surface area (Å²) in [6, 6.07) is 0. The van der Waals surface area contributed by atoms with Gasteiger partial charge < -0.3 is 10.2 Å². The molecule has 3 heteroatoms. The van der Waals surface area contributed by atoms with Gasteiger partial charge in [-0.15, -0.1) is 0 Å². The van der Waals surface area contributed by atoms with Crippen LogP contribution in [0.3, 0.4) is 0 Å². The van der Waals surface area contributed by atoms with Crippen molar-refractivity contribution in [2.45, 2.75) is 78.6 Å². The quantitative estimate of drug-likeness (QED) is 0.712. The molecule has 4 rings (SSSR count). The van der Waals surface area contributed by atoms with Crippen LogP contribution in [-0.2, 0) is 4.79 Å². The maximum atomic E-state index is 12.5. The van der Waals surface area contributed by atoms with Crippen molar-refractivity contribution in [3.63, 3.8) is 0 Å². The van der Waals surface area contributed by atoms with E-state index in [2.05, 4.69) is 19.9 Å². The predicted molar refractivity (Wildman–Crippen MR) is 107 cm³/mol. The summed E-state index contributed by atoms with van der Waals surface area (Å²) in [7, 11) is 0. The Bertz CT molecular complexity index is 634. The first-order valence-electron chi connectivity index (χ1n) is 11.2. The zero-order chi connectivity index (χ0) is 19.4. The van der Waals surface area contributed by atoms with E-state index in [4.69, 9.17) is 0 Å². The molecule has 3 nitrogen and oxygen atoms in total. The molecule has 0 aromatic heterocycles. The minimum absolute atomic E-state index is 0.0376. The third kappa shape index (κ3) is 2.95. The smallest absolute Gasteiger partial charge is 0.139 e. The molecule has 0 spiro atoms. The number of carbonyl (C=O) groups excluding carboxylic acids is 1. The Labute approximate surface area is 164 Å². The molecule has 1 unspecified atom stereocenters. The third-order valence-electron chi connectivity index (χ3n) is 9.46. The molecule has 27 heavy (non-hydrogen) atoms.